The van der Waals surface area contributed by atoms with Gasteiger partial charge in [0.05, 0.1) is 38.3 Å². The normalized spacial score (nSPS) is 15.8. The van der Waals surface area contributed by atoms with E-state index in [0.717, 1.165) is 0 Å². The van der Waals surface area contributed by atoms with E-state index in [1.165, 1.54) is 32.0 Å². The molecule has 1 aromatic heterocycles. The van der Waals surface area contributed by atoms with Gasteiger partial charge in [0.15, 0.2) is 11.5 Å². The highest BCUT2D eigenvalue weighted by atomic mass is 16.5. The summed E-state index contributed by atoms with van der Waals surface area (Å²) in [6.07, 6.45) is 5.68. The van der Waals surface area contributed by atoms with Crippen molar-refractivity contribution >= 4 is 34.6 Å². The van der Waals surface area contributed by atoms with Gasteiger partial charge in [0.1, 0.15) is 34.4 Å². The van der Waals surface area contributed by atoms with Gasteiger partial charge in [0, 0.05) is 49.9 Å². The van der Waals surface area contributed by atoms with Crippen molar-refractivity contribution in [2.45, 2.75) is 77.4 Å². The number of phenols is 2. The zero-order valence-electron chi connectivity index (χ0n) is 31.3. The topological polar surface area (TPSA) is 176 Å². The number of phenolic OH excluding ortho intramolecular Hbond substituents is 2. The van der Waals surface area contributed by atoms with Gasteiger partial charge in [-0.3, -0.25) is 19.0 Å². The summed E-state index contributed by atoms with van der Waals surface area (Å²) in [5.74, 6) is -0.978. The predicted molar refractivity (Wildman–Crippen MR) is 203 cm³/mol. The maximum atomic E-state index is 13.7. The van der Waals surface area contributed by atoms with E-state index in [1.807, 2.05) is 0 Å². The molecule has 286 valence electrons. The first-order valence-corrected chi connectivity index (χ1v) is 18.0. The molecule has 0 saturated heterocycles. The molecule has 1 unspecified atom stereocenters. The molecule has 13 nitrogen and oxygen atoms in total. The number of nitrogens with zero attached hydrogens (tertiary/aromatic N) is 2. The quantitative estimate of drug-likeness (QED) is 0.164. The Balaban J connectivity index is 1.46. The highest BCUT2D eigenvalue weighted by Gasteiger charge is 2.31. The van der Waals surface area contributed by atoms with Crippen LogP contribution in [0, 0.1) is 6.92 Å². The second-order valence-corrected chi connectivity index (χ2v) is 13.3. The van der Waals surface area contributed by atoms with Gasteiger partial charge >= 0.3 is 5.97 Å². The van der Waals surface area contributed by atoms with Crippen LogP contribution in [0.4, 0.5) is 0 Å². The first-order valence-electron chi connectivity index (χ1n) is 18.0. The van der Waals surface area contributed by atoms with Crippen molar-refractivity contribution in [2.75, 3.05) is 27.9 Å². The number of esters is 1. The van der Waals surface area contributed by atoms with Crippen LogP contribution in [0.1, 0.15) is 90.7 Å². The summed E-state index contributed by atoms with van der Waals surface area (Å²) in [5.41, 5.74) is 0.789. The average molecular weight is 742 g/mol. The van der Waals surface area contributed by atoms with Crippen LogP contribution in [0.25, 0.3) is 17.0 Å². The molecule has 4 aromatic rings. The number of aryl methyl sites for hydroxylation is 1. The van der Waals surface area contributed by atoms with Gasteiger partial charge in [0.2, 0.25) is 5.91 Å². The molecule has 13 heteroatoms. The number of ether oxygens (including phenoxy) is 4. The fraction of sp³-hybridized carbons (Fsp3) is 0.390. The summed E-state index contributed by atoms with van der Waals surface area (Å²) < 4.78 is 23.2. The molecule has 0 spiro atoms. The molecule has 1 aliphatic heterocycles. The Hall–Kier alpha value is -5.85. The zero-order chi connectivity index (χ0) is 38.9. The van der Waals surface area contributed by atoms with Crippen LogP contribution < -0.4 is 25.1 Å². The Labute approximate surface area is 313 Å². The first kappa shape index (κ1) is 39.4. The summed E-state index contributed by atoms with van der Waals surface area (Å²) in [5, 5.41) is 26.5. The largest absolute Gasteiger partial charge is 0.507 e. The van der Waals surface area contributed by atoms with Gasteiger partial charge in [-0.25, -0.2) is 9.78 Å². The Morgan fingerprint density at radius 1 is 1.00 bits per heavy atom. The third-order valence-corrected chi connectivity index (χ3v) is 9.62. The number of amides is 1. The van der Waals surface area contributed by atoms with Crippen molar-refractivity contribution in [2.24, 2.45) is 0 Å². The summed E-state index contributed by atoms with van der Waals surface area (Å²) in [6.45, 7) is 3.60. The standard InChI is InChI=1S/C41H47N3O10/c1-24-10-9-13-28(45)12-8-6-7-11-27-20-33(46)38(39(48)37(27)41(50)54-24)30(26-14-16-29(51-3)17-15-26)22-36(47)42-18-19-44-25(2)43-32-23-35(53-5)34(52-4)21-31(32)40(44)49/h7,11,14-17,20-21,23-24,30,46,48H,6,8-10,12-13,18-19,22H2,1-5H3,(H,42,47)/t24-,30?/m0/s1. The molecule has 1 amide bonds. The number of cyclic esters (lactones) is 1. The number of nitrogens with one attached hydrogen (secondary N) is 1. The second-order valence-electron chi connectivity index (χ2n) is 13.3. The van der Waals surface area contributed by atoms with E-state index in [-0.39, 0.29) is 53.3 Å². The van der Waals surface area contributed by atoms with E-state index < -0.39 is 29.6 Å². The number of fused-ring (bicyclic) bond motifs is 2. The van der Waals surface area contributed by atoms with E-state index in [9.17, 15) is 29.4 Å². The number of hydrogen-bond donors (Lipinski definition) is 3. The van der Waals surface area contributed by atoms with Gasteiger partial charge < -0.3 is 34.5 Å². The number of methoxy groups -OCH3 is 3. The molecule has 5 rings (SSSR count). The number of carbonyl (C=O) groups excluding carboxylic acids is 3. The molecule has 0 aliphatic carbocycles. The lowest BCUT2D eigenvalue weighted by Crippen LogP contribution is -2.33. The maximum absolute atomic E-state index is 13.7. The van der Waals surface area contributed by atoms with Crippen LogP contribution >= 0.6 is 0 Å². The maximum Gasteiger partial charge on any atom is 0.342 e. The number of carbonyl (C=O) groups is 3. The fourth-order valence-corrected chi connectivity index (χ4v) is 6.73. The van der Waals surface area contributed by atoms with E-state index >= 15 is 0 Å². The van der Waals surface area contributed by atoms with Crippen molar-refractivity contribution in [3.63, 3.8) is 0 Å². The predicted octanol–water partition coefficient (Wildman–Crippen LogP) is 5.96. The molecular weight excluding hydrogens is 694 g/mol. The summed E-state index contributed by atoms with van der Waals surface area (Å²) >= 11 is 0. The minimum Gasteiger partial charge on any atom is -0.507 e. The molecule has 0 bridgehead atoms. The van der Waals surface area contributed by atoms with Gasteiger partial charge in [-0.2, -0.15) is 0 Å². The number of ketones is 1. The van der Waals surface area contributed by atoms with Crippen LogP contribution in [0.3, 0.4) is 0 Å². The lowest BCUT2D eigenvalue weighted by atomic mass is 9.84. The van der Waals surface area contributed by atoms with Gasteiger partial charge in [-0.05, 0) is 74.9 Å². The number of aromatic nitrogens is 2. The van der Waals surface area contributed by atoms with Crippen LogP contribution in [0.15, 0.2) is 53.3 Å². The minimum atomic E-state index is -0.913. The number of Topliss-reactive ketones (excluding diaryl/α,β-unsaturated/α-hetero) is 1. The molecule has 2 atom stereocenters. The second kappa shape index (κ2) is 17.8. The molecular formula is C41H47N3O10. The number of aromatic hydroxyl groups is 2. The number of benzene rings is 3. The third-order valence-electron chi connectivity index (χ3n) is 9.62. The Kier molecular flexibility index (Phi) is 13.0. The van der Waals surface area contributed by atoms with Gasteiger partial charge in [-0.15, -0.1) is 0 Å². The third kappa shape index (κ3) is 9.02. The molecule has 54 heavy (non-hydrogen) atoms. The van der Waals surface area contributed by atoms with Crippen molar-refractivity contribution in [1.29, 1.82) is 0 Å². The zero-order valence-corrected chi connectivity index (χ0v) is 31.3. The number of rotatable bonds is 10. The molecule has 0 radical (unpaired) electrons. The van der Waals surface area contributed by atoms with Crippen molar-refractivity contribution < 1.29 is 43.5 Å². The van der Waals surface area contributed by atoms with Crippen molar-refractivity contribution in [3.05, 3.63) is 87.0 Å². The van der Waals surface area contributed by atoms with E-state index in [4.69, 9.17) is 18.9 Å². The lowest BCUT2D eigenvalue weighted by Gasteiger charge is -2.23. The van der Waals surface area contributed by atoms with Gasteiger partial charge in [0.25, 0.3) is 5.56 Å². The van der Waals surface area contributed by atoms with Crippen molar-refractivity contribution in [3.8, 4) is 28.7 Å². The molecule has 1 aliphatic rings. The van der Waals surface area contributed by atoms with Crippen molar-refractivity contribution in [1.82, 2.24) is 14.9 Å². The number of hydrogen-bond acceptors (Lipinski definition) is 11. The van der Waals surface area contributed by atoms with Crippen LogP contribution in [0.5, 0.6) is 28.7 Å². The lowest BCUT2D eigenvalue weighted by molar-refractivity contribution is -0.121. The van der Waals surface area contributed by atoms with Crippen LogP contribution in [-0.4, -0.2) is 71.4 Å². The first-order chi connectivity index (χ1) is 25.9. The van der Waals surface area contributed by atoms with Gasteiger partial charge in [-0.1, -0.05) is 24.3 Å². The minimum absolute atomic E-state index is 0.0195. The summed E-state index contributed by atoms with van der Waals surface area (Å²) in [4.78, 5) is 57.6. The Morgan fingerprint density at radius 3 is 2.41 bits per heavy atom. The van der Waals surface area contributed by atoms with E-state index in [2.05, 4.69) is 10.3 Å². The highest BCUT2D eigenvalue weighted by Crippen LogP contribution is 2.44. The van der Waals surface area contributed by atoms with E-state index in [0.29, 0.717) is 78.1 Å². The number of allylic oxidation sites excluding steroid dienone is 1. The van der Waals surface area contributed by atoms with Crippen LogP contribution in [-0.2, 0) is 20.9 Å². The molecule has 3 N–H and O–H groups in total. The SMILES string of the molecule is COc1ccc(C(CC(=O)NCCn2c(C)nc3cc(OC)c(OC)cc3c2=O)c2c(O)cc3c(c2O)C(=O)O[C@@H](C)CCCC(=O)CCCC=C3)cc1. The summed E-state index contributed by atoms with van der Waals surface area (Å²) in [7, 11) is 4.50. The molecule has 0 saturated carbocycles. The summed E-state index contributed by atoms with van der Waals surface area (Å²) in [6, 6.07) is 11.4. The fourth-order valence-electron chi connectivity index (χ4n) is 6.73. The molecule has 2 heterocycles. The Bertz CT molecular complexity index is 2110. The molecule has 3 aromatic carbocycles. The monoisotopic (exact) mass is 741 g/mol. The highest BCUT2D eigenvalue weighted by molar-refractivity contribution is 5.98. The average Bonchev–Trinajstić information content (AvgIpc) is 3.14. The smallest absolute Gasteiger partial charge is 0.342 e. The van der Waals surface area contributed by atoms with E-state index in [1.54, 1.807) is 62.4 Å². The Morgan fingerprint density at radius 2 is 1.70 bits per heavy atom. The molecule has 0 fully saturated rings. The van der Waals surface area contributed by atoms with Crippen LogP contribution in [0.2, 0.25) is 0 Å².